The van der Waals surface area contributed by atoms with Crippen LogP contribution in [0.25, 0.3) is 0 Å². The number of carbonyl (C=O) groups excluding carboxylic acids is 4. The molecule has 15 heteroatoms. The van der Waals surface area contributed by atoms with Crippen LogP contribution in [0.5, 0.6) is 0 Å². The molecule has 5 fully saturated rings. The van der Waals surface area contributed by atoms with E-state index in [1.165, 1.54) is 0 Å². The Morgan fingerprint density at radius 3 is 2.51 bits per heavy atom. The first-order chi connectivity index (χ1) is 23.1. The molecular weight excluding hydrogens is 644 g/mol. The summed E-state index contributed by atoms with van der Waals surface area (Å²) >= 11 is 0. The monoisotopic (exact) mass is 692 g/mol. The lowest BCUT2D eigenvalue weighted by Crippen LogP contribution is -2.73. The molecule has 0 aromatic rings. The number of aliphatic hydroxyl groups is 3. The highest BCUT2D eigenvalue weighted by Crippen LogP contribution is 2.82. The minimum Gasteiger partial charge on any atom is -0.458 e. The Morgan fingerprint density at radius 1 is 1.04 bits per heavy atom. The summed E-state index contributed by atoms with van der Waals surface area (Å²) in [4.78, 5) is 50.6. The van der Waals surface area contributed by atoms with E-state index >= 15 is 0 Å². The van der Waals surface area contributed by atoms with E-state index in [9.17, 15) is 34.5 Å². The first kappa shape index (κ1) is 34.8. The molecule has 3 saturated heterocycles. The van der Waals surface area contributed by atoms with Gasteiger partial charge in [-0.25, -0.2) is 4.79 Å². The van der Waals surface area contributed by atoms with Gasteiger partial charge in [0, 0.05) is 22.3 Å². The van der Waals surface area contributed by atoms with Gasteiger partial charge in [0.05, 0.1) is 32.0 Å². The Labute approximate surface area is 284 Å². The highest BCUT2D eigenvalue weighted by molar-refractivity contribution is 5.92. The average molecular weight is 693 g/mol. The summed E-state index contributed by atoms with van der Waals surface area (Å²) in [6, 6.07) is 0. The number of hydrogen-bond acceptors (Lipinski definition) is 13. The Bertz CT molecular complexity index is 1450. The van der Waals surface area contributed by atoms with Gasteiger partial charge in [-0.2, -0.15) is 0 Å². The first-order valence-electron chi connectivity index (χ1n) is 17.3. The van der Waals surface area contributed by atoms with E-state index < -0.39 is 85.3 Å². The van der Waals surface area contributed by atoms with Crippen LogP contribution in [0.1, 0.15) is 53.9 Å². The van der Waals surface area contributed by atoms with Crippen LogP contribution in [0.4, 0.5) is 0 Å². The second kappa shape index (κ2) is 12.0. The van der Waals surface area contributed by atoms with Gasteiger partial charge in [0.15, 0.2) is 0 Å². The van der Waals surface area contributed by atoms with Crippen molar-refractivity contribution in [1.29, 1.82) is 0 Å². The summed E-state index contributed by atoms with van der Waals surface area (Å²) in [5.41, 5.74) is -0.581. The number of nitrogens with one attached hydrogen (secondary N) is 2. The number of aliphatic hydroxyl groups excluding tert-OH is 3. The molecule has 0 radical (unpaired) electrons. The molecule has 7 aliphatic rings. The van der Waals surface area contributed by atoms with E-state index in [0.717, 1.165) is 24.0 Å². The zero-order valence-electron chi connectivity index (χ0n) is 28.6. The highest BCUT2D eigenvalue weighted by Gasteiger charge is 2.93. The van der Waals surface area contributed by atoms with Crippen LogP contribution < -0.4 is 10.6 Å². The summed E-state index contributed by atoms with van der Waals surface area (Å²) < 4.78 is 36.0. The third-order valence-electron chi connectivity index (χ3n) is 13.0. The molecule has 0 aromatic heterocycles. The molecule has 0 bridgehead atoms. The standard InChI is InChI=1S/C34H48N2O13/c1-15(2)33-8-19(33)28-34(49-28)31(4)7-6-17-18(11-45-29(17)43)20(31)12-46-32(34,5)30(33)48-24(39)10-36-22(37)9-35-23(38)14-44-13-21-26(41)27(42)25(40)16(3)47-21/h15-16,19-21,25-28,30,40-42H,6-14H2,1-5H3,(H,35,38)(H,36,37)/t16?,19-,20-,21+,25-,26+,27+,28-,30-,31-,32+,33+,34+/m0/s1. The van der Waals surface area contributed by atoms with Crippen molar-refractivity contribution in [2.24, 2.45) is 28.6 Å². The number of epoxide rings is 1. The van der Waals surface area contributed by atoms with Gasteiger partial charge >= 0.3 is 11.9 Å². The van der Waals surface area contributed by atoms with E-state index in [-0.39, 0.29) is 53.9 Å². The maximum absolute atomic E-state index is 13.4. The van der Waals surface area contributed by atoms with Crippen LogP contribution in [0, 0.1) is 28.6 Å². The molecule has 272 valence electrons. The molecule has 2 amide bonds. The lowest BCUT2D eigenvalue weighted by Gasteiger charge is -2.61. The minimum absolute atomic E-state index is 0.0415. The van der Waals surface area contributed by atoms with Gasteiger partial charge in [-0.05, 0) is 50.5 Å². The summed E-state index contributed by atoms with van der Waals surface area (Å²) in [6.45, 7) is 9.15. The van der Waals surface area contributed by atoms with Gasteiger partial charge < -0.3 is 54.4 Å². The van der Waals surface area contributed by atoms with E-state index in [4.69, 9.17) is 28.4 Å². The fraction of sp³-hybridized carbons (Fsp3) is 0.824. The van der Waals surface area contributed by atoms with Crippen LogP contribution in [-0.2, 0) is 47.6 Å². The van der Waals surface area contributed by atoms with Crippen molar-refractivity contribution in [2.45, 2.75) is 108 Å². The molecule has 7 rings (SSSR count). The number of carbonyl (C=O) groups is 4. The third kappa shape index (κ3) is 5.01. The lowest BCUT2D eigenvalue weighted by molar-refractivity contribution is -0.265. The van der Waals surface area contributed by atoms with Crippen molar-refractivity contribution in [1.82, 2.24) is 10.6 Å². The number of rotatable bonds is 10. The zero-order chi connectivity index (χ0) is 35.3. The minimum atomic E-state index is -1.41. The van der Waals surface area contributed by atoms with Crippen LogP contribution >= 0.6 is 0 Å². The van der Waals surface area contributed by atoms with Gasteiger partial charge in [0.1, 0.15) is 61.5 Å². The molecule has 13 atom stereocenters. The van der Waals surface area contributed by atoms with E-state index in [1.807, 2.05) is 6.92 Å². The van der Waals surface area contributed by atoms with Crippen molar-refractivity contribution in [3.63, 3.8) is 0 Å². The predicted molar refractivity (Wildman–Crippen MR) is 165 cm³/mol. The van der Waals surface area contributed by atoms with Crippen molar-refractivity contribution >= 4 is 23.8 Å². The Hall–Kier alpha value is -2.66. The van der Waals surface area contributed by atoms with Gasteiger partial charge in [0.25, 0.3) is 0 Å². The van der Waals surface area contributed by atoms with Gasteiger partial charge in [0.2, 0.25) is 11.8 Å². The topological polar surface area (TPSA) is 212 Å². The smallest absolute Gasteiger partial charge is 0.334 e. The number of amides is 2. The molecule has 5 N–H and O–H groups in total. The predicted octanol–water partition coefficient (Wildman–Crippen LogP) is -1.11. The molecule has 49 heavy (non-hydrogen) atoms. The van der Waals surface area contributed by atoms with E-state index in [2.05, 4.69) is 31.4 Å². The molecule has 15 nitrogen and oxygen atoms in total. The lowest BCUT2D eigenvalue weighted by atomic mass is 9.49. The average Bonchev–Trinajstić information content (AvgIpc) is 3.96. The Balaban J connectivity index is 0.940. The second-order valence-electron chi connectivity index (χ2n) is 15.6. The van der Waals surface area contributed by atoms with Gasteiger partial charge in [-0.15, -0.1) is 0 Å². The maximum atomic E-state index is 13.4. The maximum Gasteiger partial charge on any atom is 0.334 e. The number of hydrogen-bond donors (Lipinski definition) is 5. The molecule has 4 heterocycles. The van der Waals surface area contributed by atoms with Crippen molar-refractivity contribution < 1.29 is 62.9 Å². The van der Waals surface area contributed by atoms with Gasteiger partial charge in [-0.3, -0.25) is 14.4 Å². The summed E-state index contributed by atoms with van der Waals surface area (Å²) in [6.07, 6.45) is -4.21. The Morgan fingerprint density at radius 2 is 1.78 bits per heavy atom. The summed E-state index contributed by atoms with van der Waals surface area (Å²) in [7, 11) is 0. The SMILES string of the molecule is CC1O[C@H](COCC(=O)NCC(=O)NCC(=O)O[C@@H]2[C@@]3(C(C)C)C[C@H]3[C@@H]3O[C@@]34[C@@]3(C)CCC5=C(COC5=O)[C@@H]3CO[C@]24C)[C@@H](O)[C@H](O)[C@H]1O. The first-order valence-corrected chi connectivity index (χ1v) is 17.3. The largest absolute Gasteiger partial charge is 0.458 e. The quantitative estimate of drug-likeness (QED) is 0.136. The number of ether oxygens (including phenoxy) is 6. The van der Waals surface area contributed by atoms with Crippen LogP contribution in [-0.4, -0.2) is 133 Å². The van der Waals surface area contributed by atoms with Crippen molar-refractivity contribution in [3.05, 3.63) is 11.1 Å². The summed E-state index contributed by atoms with van der Waals surface area (Å²) in [5.74, 6) is -1.77. The molecule has 1 unspecified atom stereocenters. The highest BCUT2D eigenvalue weighted by atomic mass is 16.7. The number of fused-ring (bicyclic) bond motifs is 4. The second-order valence-corrected chi connectivity index (χ2v) is 15.6. The van der Waals surface area contributed by atoms with E-state index in [0.29, 0.717) is 13.0 Å². The fourth-order valence-electron chi connectivity index (χ4n) is 10.2. The molecule has 1 spiro atoms. The van der Waals surface area contributed by atoms with Crippen molar-refractivity contribution in [2.75, 3.05) is 39.5 Å². The fourth-order valence-corrected chi connectivity index (χ4v) is 10.2. The summed E-state index contributed by atoms with van der Waals surface area (Å²) in [5, 5.41) is 34.7. The van der Waals surface area contributed by atoms with Crippen LogP contribution in [0.2, 0.25) is 0 Å². The molecule has 2 saturated carbocycles. The number of esters is 2. The molecule has 3 aliphatic carbocycles. The van der Waals surface area contributed by atoms with E-state index in [1.54, 1.807) is 6.92 Å². The Kier molecular flexibility index (Phi) is 8.49. The van der Waals surface area contributed by atoms with Crippen LogP contribution in [0.3, 0.4) is 0 Å². The third-order valence-corrected chi connectivity index (χ3v) is 13.0. The van der Waals surface area contributed by atoms with Gasteiger partial charge in [-0.1, -0.05) is 20.8 Å². The molecule has 0 aromatic carbocycles. The zero-order valence-corrected chi connectivity index (χ0v) is 28.6. The molecular formula is C34H48N2O13. The number of cyclic esters (lactones) is 1. The normalized spacial score (nSPS) is 46.0. The molecule has 4 aliphatic heterocycles. The van der Waals surface area contributed by atoms with Crippen LogP contribution in [0.15, 0.2) is 11.1 Å². The van der Waals surface area contributed by atoms with Crippen molar-refractivity contribution in [3.8, 4) is 0 Å².